The Kier molecular flexibility index (Phi) is 5.79. The van der Waals surface area contributed by atoms with E-state index in [9.17, 15) is 0 Å². The molecule has 13 heavy (non-hydrogen) atoms. The van der Waals surface area contributed by atoms with E-state index >= 15 is 0 Å². The van der Waals surface area contributed by atoms with E-state index < -0.39 is 0 Å². The number of hydrogen-bond donors (Lipinski definition) is 3. The lowest BCUT2D eigenvalue weighted by Crippen LogP contribution is -2.06. The van der Waals surface area contributed by atoms with E-state index in [0.717, 1.165) is 0 Å². The molecule has 0 spiro atoms. The summed E-state index contributed by atoms with van der Waals surface area (Å²) < 4.78 is 0. The molecule has 0 aliphatic rings. The first-order chi connectivity index (χ1) is 6.24. The van der Waals surface area contributed by atoms with Crippen LogP contribution in [0.4, 0.5) is 0 Å². The van der Waals surface area contributed by atoms with E-state index in [1.807, 2.05) is 0 Å². The van der Waals surface area contributed by atoms with Crippen molar-refractivity contribution in [3.63, 3.8) is 0 Å². The Hall–Kier alpha value is -1.17. The maximum atomic E-state index is 8.87. The summed E-state index contributed by atoms with van der Waals surface area (Å²) in [6, 6.07) is 0. The number of rotatable bonds is 1. The summed E-state index contributed by atoms with van der Waals surface area (Å²) in [6.07, 6.45) is 4.88. The fraction of sp³-hybridized carbons (Fsp3) is 0.143. The molecule has 0 aliphatic heterocycles. The van der Waals surface area contributed by atoms with Gasteiger partial charge in [-0.25, -0.2) is 9.97 Å². The van der Waals surface area contributed by atoms with Gasteiger partial charge in [0.25, 0.3) is 0 Å². The molecule has 68 valence electrons. The lowest BCUT2D eigenvalue weighted by atomic mass is 10.0. The lowest BCUT2D eigenvalue weighted by molar-refractivity contribution is 0.428. The van der Waals surface area contributed by atoms with Gasteiger partial charge in [0.2, 0.25) is 0 Å². The first-order valence-electron chi connectivity index (χ1n) is 3.30. The van der Waals surface area contributed by atoms with Crippen LogP contribution in [0, 0.1) is 0 Å². The van der Waals surface area contributed by atoms with Gasteiger partial charge in [0.05, 0.1) is 0 Å². The number of thiol groups is 1. The van der Waals surface area contributed by atoms with E-state index in [2.05, 4.69) is 22.6 Å². The molecule has 0 aromatic carbocycles. The maximum Gasteiger partial charge on any atom is 0.197 e. The first kappa shape index (κ1) is 11.8. The summed E-state index contributed by atoms with van der Waals surface area (Å²) in [5, 5.41) is 17.2. The second kappa shape index (κ2) is 6.36. The van der Waals surface area contributed by atoms with Crippen LogP contribution < -0.4 is 5.46 Å². The van der Waals surface area contributed by atoms with E-state index in [1.54, 1.807) is 6.26 Å². The van der Waals surface area contributed by atoms with Crippen LogP contribution in [0.2, 0.25) is 0 Å². The normalized spacial score (nSPS) is 10.2. The molecule has 6 heteroatoms. The van der Waals surface area contributed by atoms with Crippen LogP contribution in [0.15, 0.2) is 18.7 Å². The Morgan fingerprint density at radius 3 is 2.31 bits per heavy atom. The quantitative estimate of drug-likeness (QED) is 0.341. The molecule has 0 amide bonds. The molecular weight excluding hydrogens is 187 g/mol. The molecule has 1 aromatic heterocycles. The minimum atomic E-state index is -0.384. The number of aliphatic hydroxyl groups excluding tert-OH is 2. The number of aromatic nitrogens is 2. The summed E-state index contributed by atoms with van der Waals surface area (Å²) in [7, 11) is 5.28. The molecule has 0 fully saturated rings. The zero-order valence-corrected chi connectivity index (χ0v) is 7.94. The summed E-state index contributed by atoms with van der Waals surface area (Å²) >= 11 is 3.53. The molecule has 1 heterocycles. The van der Waals surface area contributed by atoms with Crippen molar-refractivity contribution in [2.24, 2.45) is 0 Å². The minimum Gasteiger partial charge on any atom is -0.512 e. The molecule has 2 N–H and O–H groups in total. The summed E-state index contributed by atoms with van der Waals surface area (Å²) in [5.74, 6) is -0.341. The van der Waals surface area contributed by atoms with Gasteiger partial charge in [-0.3, -0.25) is 0 Å². The summed E-state index contributed by atoms with van der Waals surface area (Å²) in [5.41, 5.74) is 0.402. The fourth-order valence-corrected chi connectivity index (χ4v) is 0.528. The van der Waals surface area contributed by atoms with Crippen molar-refractivity contribution < 1.29 is 10.2 Å². The average molecular weight is 196 g/mol. The van der Waals surface area contributed by atoms with E-state index in [0.29, 0.717) is 11.7 Å². The van der Waals surface area contributed by atoms with Crippen LogP contribution in [0.1, 0.15) is 5.82 Å². The number of nitrogens with zero attached hydrogens (tertiary/aromatic N) is 2. The smallest absolute Gasteiger partial charge is 0.197 e. The highest BCUT2D eigenvalue weighted by atomic mass is 32.1. The van der Waals surface area contributed by atoms with Crippen molar-refractivity contribution in [2.75, 3.05) is 6.26 Å². The standard InChI is InChI=1S/C6H5BN2O2.CH4S/c7-4-1-8-6(9-2-4)5(11)3-10;1-2/h1-3,10-11H;2H,1H3/b5-3-;. The Morgan fingerprint density at radius 1 is 1.46 bits per heavy atom. The lowest BCUT2D eigenvalue weighted by Gasteiger charge is -1.95. The van der Waals surface area contributed by atoms with E-state index in [1.165, 1.54) is 12.4 Å². The largest absolute Gasteiger partial charge is 0.512 e. The van der Waals surface area contributed by atoms with Crippen molar-refractivity contribution in [3.8, 4) is 0 Å². The third kappa shape index (κ3) is 3.84. The van der Waals surface area contributed by atoms with Gasteiger partial charge in [-0.05, 0) is 6.26 Å². The average Bonchev–Trinajstić information content (AvgIpc) is 2.21. The highest BCUT2D eigenvalue weighted by Crippen LogP contribution is 1.99. The zero-order valence-electron chi connectivity index (χ0n) is 7.05. The van der Waals surface area contributed by atoms with Crippen LogP contribution in [0.5, 0.6) is 0 Å². The minimum absolute atomic E-state index is 0.0432. The highest BCUT2D eigenvalue weighted by molar-refractivity contribution is 7.79. The SMILES string of the molecule is CS.[B]c1cnc(/C(O)=C/O)nc1. The van der Waals surface area contributed by atoms with Crippen LogP contribution >= 0.6 is 12.6 Å². The molecule has 0 saturated carbocycles. The molecule has 1 rings (SSSR count). The van der Waals surface area contributed by atoms with Crippen molar-refractivity contribution in [1.29, 1.82) is 0 Å². The topological polar surface area (TPSA) is 66.2 Å². The molecule has 0 unspecified atom stereocenters. The molecule has 0 aliphatic carbocycles. The van der Waals surface area contributed by atoms with Gasteiger partial charge >= 0.3 is 0 Å². The third-order valence-corrected chi connectivity index (χ3v) is 1.02. The van der Waals surface area contributed by atoms with Gasteiger partial charge < -0.3 is 10.2 Å². The molecule has 2 radical (unpaired) electrons. The van der Waals surface area contributed by atoms with Gasteiger partial charge in [-0.15, -0.1) is 0 Å². The predicted octanol–water partition coefficient (Wildman–Crippen LogP) is 0.231. The molecule has 4 nitrogen and oxygen atoms in total. The Labute approximate surface area is 83.2 Å². The summed E-state index contributed by atoms with van der Waals surface area (Å²) in [6.45, 7) is 0. The van der Waals surface area contributed by atoms with E-state index in [4.69, 9.17) is 18.1 Å². The molecule has 0 bridgehead atoms. The highest BCUT2D eigenvalue weighted by Gasteiger charge is 1.99. The summed E-state index contributed by atoms with van der Waals surface area (Å²) in [4.78, 5) is 7.27. The van der Waals surface area contributed by atoms with Gasteiger partial charge in [0.1, 0.15) is 14.1 Å². The van der Waals surface area contributed by atoms with Crippen LogP contribution in [0.3, 0.4) is 0 Å². The second-order valence-electron chi connectivity index (χ2n) is 1.85. The van der Waals surface area contributed by atoms with Crippen molar-refractivity contribution in [2.45, 2.75) is 0 Å². The Morgan fingerprint density at radius 2 is 1.92 bits per heavy atom. The van der Waals surface area contributed by atoms with Gasteiger partial charge in [-0.1, -0.05) is 5.46 Å². The van der Waals surface area contributed by atoms with Crippen LogP contribution in [0.25, 0.3) is 5.76 Å². The van der Waals surface area contributed by atoms with E-state index in [-0.39, 0.29) is 11.6 Å². The monoisotopic (exact) mass is 196 g/mol. The predicted molar refractivity (Wildman–Crippen MR) is 55.6 cm³/mol. The molecule has 1 aromatic rings. The van der Waals surface area contributed by atoms with Crippen LogP contribution in [-0.4, -0.2) is 34.3 Å². The molecule has 0 saturated heterocycles. The van der Waals surface area contributed by atoms with Gasteiger partial charge in [0.15, 0.2) is 11.6 Å². The van der Waals surface area contributed by atoms with Crippen molar-refractivity contribution in [3.05, 3.63) is 24.5 Å². The Bertz CT molecular complexity index is 276. The van der Waals surface area contributed by atoms with Crippen molar-refractivity contribution in [1.82, 2.24) is 9.97 Å². The fourth-order valence-electron chi connectivity index (χ4n) is 0.528. The second-order valence-corrected chi connectivity index (χ2v) is 1.85. The molecule has 0 atom stereocenters. The van der Waals surface area contributed by atoms with Crippen LogP contribution in [-0.2, 0) is 0 Å². The zero-order chi connectivity index (χ0) is 10.3. The first-order valence-corrected chi connectivity index (χ1v) is 4.19. The number of hydrogen-bond acceptors (Lipinski definition) is 5. The molecular formula is C7H9BN2O2S. The number of aliphatic hydroxyl groups is 2. The van der Waals surface area contributed by atoms with Crippen molar-refractivity contribution >= 4 is 31.7 Å². The van der Waals surface area contributed by atoms with Gasteiger partial charge in [0, 0.05) is 12.4 Å². The maximum absolute atomic E-state index is 8.87. The van der Waals surface area contributed by atoms with Gasteiger partial charge in [-0.2, -0.15) is 12.6 Å². The Balaban J connectivity index is 0.000000671. The third-order valence-electron chi connectivity index (χ3n) is 1.02.